The highest BCUT2D eigenvalue weighted by atomic mass is 35.5. The molecular weight excluding hydrogens is 252 g/mol. The van der Waals surface area contributed by atoms with E-state index in [1.54, 1.807) is 13.1 Å². The summed E-state index contributed by atoms with van der Waals surface area (Å²) in [4.78, 5) is 11.5. The molecule has 3 N–H and O–H groups in total. The molecule has 0 heterocycles. The number of aromatic hydroxyl groups is 1. The van der Waals surface area contributed by atoms with Crippen LogP contribution in [0.1, 0.15) is 30.9 Å². The highest BCUT2D eigenvalue weighted by Gasteiger charge is 2.11. The number of amides is 1. The highest BCUT2D eigenvalue weighted by Crippen LogP contribution is 2.31. The number of benzene rings is 1. The van der Waals surface area contributed by atoms with E-state index in [4.69, 9.17) is 0 Å². The molecule has 0 aromatic heterocycles. The minimum atomic E-state index is -0.0870. The lowest BCUT2D eigenvalue weighted by molar-refractivity contribution is -0.115. The summed E-state index contributed by atoms with van der Waals surface area (Å²) < 4.78 is 0. The lowest BCUT2D eigenvalue weighted by atomic mass is 9.99. The third kappa shape index (κ3) is 4.20. The molecule has 0 aliphatic heterocycles. The van der Waals surface area contributed by atoms with Gasteiger partial charge in [0.25, 0.3) is 0 Å². The predicted octanol–water partition coefficient (Wildman–Crippen LogP) is 2.40. The first kappa shape index (κ1) is 16.7. The van der Waals surface area contributed by atoms with Gasteiger partial charge in [0.1, 0.15) is 5.75 Å². The molecule has 102 valence electrons. The standard InChI is InChI=1S/C13H20N2O2.ClH/c1-8(2)10-6-11(9(3)5-12(10)16)15-13(17)7-14-4;/h5-6,8,14,16H,7H2,1-4H3,(H,15,17);1H. The van der Waals surface area contributed by atoms with Gasteiger partial charge in [-0.25, -0.2) is 0 Å². The molecule has 0 fully saturated rings. The number of halogens is 1. The Bertz CT molecular complexity index is 420. The normalized spacial score (nSPS) is 10.1. The molecule has 0 bridgehead atoms. The fourth-order valence-electron chi connectivity index (χ4n) is 1.66. The molecule has 0 spiro atoms. The summed E-state index contributed by atoms with van der Waals surface area (Å²) in [5.41, 5.74) is 2.46. The molecule has 0 saturated carbocycles. The number of phenolic OH excluding ortho intramolecular Hbond substituents is 1. The van der Waals surface area contributed by atoms with Crippen LogP contribution in [0.25, 0.3) is 0 Å². The quantitative estimate of drug-likeness (QED) is 0.738. The van der Waals surface area contributed by atoms with Crippen LogP contribution >= 0.6 is 12.4 Å². The van der Waals surface area contributed by atoms with Crippen molar-refractivity contribution in [1.29, 1.82) is 0 Å². The molecular formula is C13H21ClN2O2. The van der Waals surface area contributed by atoms with Crippen LogP contribution < -0.4 is 10.6 Å². The summed E-state index contributed by atoms with van der Waals surface area (Å²) in [7, 11) is 1.73. The number of aryl methyl sites for hydroxylation is 1. The van der Waals surface area contributed by atoms with E-state index >= 15 is 0 Å². The number of likely N-dealkylation sites (N-methyl/N-ethyl adjacent to an activating group) is 1. The number of nitrogens with one attached hydrogen (secondary N) is 2. The number of rotatable bonds is 4. The zero-order valence-corrected chi connectivity index (χ0v) is 12.0. The van der Waals surface area contributed by atoms with E-state index < -0.39 is 0 Å². The van der Waals surface area contributed by atoms with Crippen molar-refractivity contribution in [3.8, 4) is 5.75 Å². The monoisotopic (exact) mass is 272 g/mol. The molecule has 1 aromatic carbocycles. The number of anilines is 1. The topological polar surface area (TPSA) is 61.4 Å². The Kier molecular flexibility index (Phi) is 6.73. The molecule has 1 amide bonds. The van der Waals surface area contributed by atoms with Crippen LogP contribution in [0.5, 0.6) is 5.75 Å². The van der Waals surface area contributed by atoms with E-state index in [0.29, 0.717) is 0 Å². The lowest BCUT2D eigenvalue weighted by Crippen LogP contribution is -2.25. The van der Waals surface area contributed by atoms with Gasteiger partial charge in [-0.1, -0.05) is 13.8 Å². The summed E-state index contributed by atoms with van der Waals surface area (Å²) >= 11 is 0. The number of carbonyl (C=O) groups is 1. The second-order valence-electron chi connectivity index (χ2n) is 4.46. The van der Waals surface area contributed by atoms with Gasteiger partial charge in [0.05, 0.1) is 6.54 Å². The first-order valence-corrected chi connectivity index (χ1v) is 5.73. The summed E-state index contributed by atoms with van der Waals surface area (Å²) in [5.74, 6) is 0.413. The van der Waals surface area contributed by atoms with E-state index in [1.165, 1.54) is 0 Å². The fraction of sp³-hybridized carbons (Fsp3) is 0.462. The van der Waals surface area contributed by atoms with Gasteiger partial charge in [-0.3, -0.25) is 4.79 Å². The Balaban J connectivity index is 0.00000289. The van der Waals surface area contributed by atoms with Crippen LogP contribution in [0.2, 0.25) is 0 Å². The van der Waals surface area contributed by atoms with Gasteiger partial charge in [0.15, 0.2) is 0 Å². The Labute approximate surface area is 114 Å². The number of carbonyl (C=O) groups excluding carboxylic acids is 1. The second kappa shape index (κ2) is 7.24. The molecule has 0 aliphatic carbocycles. The van der Waals surface area contributed by atoms with Crippen molar-refractivity contribution in [2.24, 2.45) is 0 Å². The molecule has 0 atom stereocenters. The molecule has 1 aromatic rings. The Hall–Kier alpha value is -1.26. The van der Waals surface area contributed by atoms with Gasteiger partial charge in [-0.15, -0.1) is 12.4 Å². The maximum Gasteiger partial charge on any atom is 0.238 e. The second-order valence-corrected chi connectivity index (χ2v) is 4.46. The average molecular weight is 273 g/mol. The Morgan fingerprint density at radius 2 is 2.00 bits per heavy atom. The van der Waals surface area contributed by atoms with Crippen LogP contribution in [0.4, 0.5) is 5.69 Å². The summed E-state index contributed by atoms with van der Waals surface area (Å²) in [6.07, 6.45) is 0. The van der Waals surface area contributed by atoms with Crippen LogP contribution in [0.3, 0.4) is 0 Å². The van der Waals surface area contributed by atoms with E-state index in [1.807, 2.05) is 26.8 Å². The van der Waals surface area contributed by atoms with Crippen LogP contribution in [0.15, 0.2) is 12.1 Å². The molecule has 4 nitrogen and oxygen atoms in total. The average Bonchev–Trinajstić information content (AvgIpc) is 2.21. The van der Waals surface area contributed by atoms with Gasteiger partial charge < -0.3 is 15.7 Å². The number of hydrogen-bond donors (Lipinski definition) is 3. The molecule has 0 saturated heterocycles. The first-order valence-electron chi connectivity index (χ1n) is 5.73. The molecule has 0 radical (unpaired) electrons. The number of phenols is 1. The fourth-order valence-corrected chi connectivity index (χ4v) is 1.66. The van der Waals surface area contributed by atoms with Crippen molar-refractivity contribution in [3.05, 3.63) is 23.3 Å². The van der Waals surface area contributed by atoms with Crippen LogP contribution in [-0.4, -0.2) is 24.6 Å². The molecule has 5 heteroatoms. The van der Waals surface area contributed by atoms with Crippen molar-refractivity contribution in [2.45, 2.75) is 26.7 Å². The minimum Gasteiger partial charge on any atom is -0.508 e. The zero-order valence-electron chi connectivity index (χ0n) is 11.2. The molecule has 0 unspecified atom stereocenters. The number of hydrogen-bond acceptors (Lipinski definition) is 3. The minimum absolute atomic E-state index is 0. The van der Waals surface area contributed by atoms with Gasteiger partial charge in [-0.05, 0) is 43.1 Å². The van der Waals surface area contributed by atoms with Crippen molar-refractivity contribution in [1.82, 2.24) is 5.32 Å². The zero-order chi connectivity index (χ0) is 13.0. The maximum absolute atomic E-state index is 11.5. The molecule has 18 heavy (non-hydrogen) atoms. The van der Waals surface area contributed by atoms with E-state index in [9.17, 15) is 9.90 Å². The van der Waals surface area contributed by atoms with E-state index in [2.05, 4.69) is 10.6 Å². The van der Waals surface area contributed by atoms with Crippen molar-refractivity contribution in [2.75, 3.05) is 18.9 Å². The maximum atomic E-state index is 11.5. The summed E-state index contributed by atoms with van der Waals surface area (Å²) in [6.45, 7) is 6.14. The van der Waals surface area contributed by atoms with Crippen molar-refractivity contribution >= 4 is 24.0 Å². The summed E-state index contributed by atoms with van der Waals surface area (Å²) in [6, 6.07) is 3.52. The molecule has 1 rings (SSSR count). The van der Waals surface area contributed by atoms with Gasteiger partial charge in [0.2, 0.25) is 5.91 Å². The van der Waals surface area contributed by atoms with Gasteiger partial charge >= 0.3 is 0 Å². The molecule has 0 aliphatic rings. The van der Waals surface area contributed by atoms with Crippen LogP contribution in [0, 0.1) is 6.92 Å². The van der Waals surface area contributed by atoms with E-state index in [0.717, 1.165) is 16.8 Å². The lowest BCUT2D eigenvalue weighted by Gasteiger charge is -2.14. The van der Waals surface area contributed by atoms with Crippen molar-refractivity contribution in [3.63, 3.8) is 0 Å². The SMILES string of the molecule is CNCC(=O)Nc1cc(C(C)C)c(O)cc1C.Cl. The summed E-state index contributed by atoms with van der Waals surface area (Å²) in [5, 5.41) is 15.4. The third-order valence-corrected chi connectivity index (χ3v) is 2.61. The third-order valence-electron chi connectivity index (χ3n) is 2.61. The first-order chi connectivity index (χ1) is 7.95. The van der Waals surface area contributed by atoms with Gasteiger partial charge in [0, 0.05) is 5.69 Å². The van der Waals surface area contributed by atoms with Crippen molar-refractivity contribution < 1.29 is 9.90 Å². The Morgan fingerprint density at radius 3 is 2.50 bits per heavy atom. The van der Waals surface area contributed by atoms with E-state index in [-0.39, 0.29) is 36.5 Å². The highest BCUT2D eigenvalue weighted by molar-refractivity contribution is 5.93. The Morgan fingerprint density at radius 1 is 1.39 bits per heavy atom. The van der Waals surface area contributed by atoms with Gasteiger partial charge in [-0.2, -0.15) is 0 Å². The smallest absolute Gasteiger partial charge is 0.238 e. The largest absolute Gasteiger partial charge is 0.508 e. The predicted molar refractivity (Wildman–Crippen MR) is 76.7 cm³/mol. The van der Waals surface area contributed by atoms with Crippen LogP contribution in [-0.2, 0) is 4.79 Å².